The molecule has 0 unspecified atom stereocenters. The summed E-state index contributed by atoms with van der Waals surface area (Å²) in [5, 5.41) is 7.19. The number of ether oxygens (including phenoxy) is 1. The first-order chi connectivity index (χ1) is 11.6. The minimum absolute atomic E-state index is 0.148. The lowest BCUT2D eigenvalue weighted by molar-refractivity contribution is -0.126. The van der Waals surface area contributed by atoms with E-state index >= 15 is 0 Å². The number of fused-ring (bicyclic) bond motifs is 1. The molecule has 0 aromatic carbocycles. The number of methoxy groups -OCH3 is 1. The Hall–Kier alpha value is -2.67. The molecule has 1 amide bonds. The highest BCUT2D eigenvalue weighted by Crippen LogP contribution is 2.21. The standard InChI is InChI=1S/C16H15ClN4O3/c1-24-16(23)15-11-9-21(7-5-12(11)19-20-15)14(22)3-2-10-4-6-18-13(17)8-10/h2-4,6,8H,5,7,9H2,1H3,(H,19,20)/b3-2+. The van der Waals surface area contributed by atoms with Crippen LogP contribution in [-0.4, -0.2) is 45.6 Å². The molecule has 0 bridgehead atoms. The summed E-state index contributed by atoms with van der Waals surface area (Å²) in [4.78, 5) is 29.7. The molecule has 2 aromatic heterocycles. The third-order valence-corrected chi connectivity index (χ3v) is 4.00. The van der Waals surface area contributed by atoms with Crippen molar-refractivity contribution in [3.8, 4) is 0 Å². The number of carbonyl (C=O) groups excluding carboxylic acids is 2. The molecule has 0 saturated carbocycles. The number of hydrogen-bond acceptors (Lipinski definition) is 5. The van der Waals surface area contributed by atoms with Crippen molar-refractivity contribution >= 4 is 29.6 Å². The number of nitrogens with zero attached hydrogens (tertiary/aromatic N) is 3. The first-order valence-corrected chi connectivity index (χ1v) is 7.69. The zero-order valence-corrected chi connectivity index (χ0v) is 13.7. The lowest BCUT2D eigenvalue weighted by Crippen LogP contribution is -2.35. The van der Waals surface area contributed by atoms with Gasteiger partial charge in [-0.25, -0.2) is 9.78 Å². The molecule has 3 rings (SSSR count). The third-order valence-electron chi connectivity index (χ3n) is 3.79. The van der Waals surface area contributed by atoms with Gasteiger partial charge in [-0.05, 0) is 23.8 Å². The lowest BCUT2D eigenvalue weighted by atomic mass is 10.1. The number of esters is 1. The van der Waals surface area contributed by atoms with E-state index in [2.05, 4.69) is 15.2 Å². The number of H-pyrrole nitrogens is 1. The Bertz CT molecular complexity index is 815. The third kappa shape index (κ3) is 3.30. The molecule has 0 atom stereocenters. The van der Waals surface area contributed by atoms with Crippen LogP contribution in [0.5, 0.6) is 0 Å². The monoisotopic (exact) mass is 346 g/mol. The average molecular weight is 347 g/mol. The van der Waals surface area contributed by atoms with E-state index in [9.17, 15) is 9.59 Å². The normalized spacial score (nSPS) is 13.8. The number of nitrogens with one attached hydrogen (secondary N) is 1. The Kier molecular flexibility index (Phi) is 4.61. The Labute approximate surface area is 143 Å². The number of hydrogen-bond donors (Lipinski definition) is 1. The first-order valence-electron chi connectivity index (χ1n) is 7.31. The number of amides is 1. The molecule has 7 nitrogen and oxygen atoms in total. The van der Waals surface area contributed by atoms with Gasteiger partial charge in [-0.1, -0.05) is 11.6 Å². The number of rotatable bonds is 3. The fraction of sp³-hybridized carbons (Fsp3) is 0.250. The van der Waals surface area contributed by atoms with Gasteiger partial charge in [-0.3, -0.25) is 9.89 Å². The minimum Gasteiger partial charge on any atom is -0.464 e. The van der Waals surface area contributed by atoms with Crippen molar-refractivity contribution < 1.29 is 14.3 Å². The van der Waals surface area contributed by atoms with Gasteiger partial charge in [0.2, 0.25) is 5.91 Å². The van der Waals surface area contributed by atoms with Gasteiger partial charge in [0, 0.05) is 36.5 Å². The molecule has 124 valence electrons. The van der Waals surface area contributed by atoms with Crippen molar-refractivity contribution in [3.63, 3.8) is 0 Å². The molecule has 1 N–H and O–H groups in total. The molecule has 1 aliphatic rings. The van der Waals surface area contributed by atoms with Crippen molar-refractivity contribution in [2.75, 3.05) is 13.7 Å². The smallest absolute Gasteiger partial charge is 0.358 e. The van der Waals surface area contributed by atoms with Crippen LogP contribution < -0.4 is 0 Å². The van der Waals surface area contributed by atoms with Gasteiger partial charge in [0.25, 0.3) is 0 Å². The lowest BCUT2D eigenvalue weighted by Gasteiger charge is -2.25. The molecule has 3 heterocycles. The molecule has 0 fully saturated rings. The van der Waals surface area contributed by atoms with Crippen LogP contribution in [0.1, 0.15) is 27.3 Å². The number of aromatic amines is 1. The minimum atomic E-state index is -0.510. The maximum Gasteiger partial charge on any atom is 0.358 e. The number of carbonyl (C=O) groups is 2. The van der Waals surface area contributed by atoms with E-state index in [1.165, 1.54) is 13.2 Å². The van der Waals surface area contributed by atoms with Crippen molar-refractivity contribution in [1.29, 1.82) is 0 Å². The van der Waals surface area contributed by atoms with E-state index < -0.39 is 5.97 Å². The average Bonchev–Trinajstić information content (AvgIpc) is 3.02. The van der Waals surface area contributed by atoms with Crippen LogP contribution in [0.25, 0.3) is 6.08 Å². The molecule has 0 spiro atoms. The maximum absolute atomic E-state index is 12.4. The van der Waals surface area contributed by atoms with E-state index in [0.717, 1.165) is 11.3 Å². The predicted molar refractivity (Wildman–Crippen MR) is 87.3 cm³/mol. The second-order valence-corrected chi connectivity index (χ2v) is 5.66. The van der Waals surface area contributed by atoms with Gasteiger partial charge >= 0.3 is 5.97 Å². The Morgan fingerprint density at radius 3 is 3.04 bits per heavy atom. The molecule has 2 aromatic rings. The molecule has 0 saturated heterocycles. The summed E-state index contributed by atoms with van der Waals surface area (Å²) in [6, 6.07) is 3.43. The number of aromatic nitrogens is 3. The molecule has 0 radical (unpaired) electrons. The quantitative estimate of drug-likeness (QED) is 0.520. The topological polar surface area (TPSA) is 88.2 Å². The molecule has 8 heteroatoms. The van der Waals surface area contributed by atoms with E-state index in [-0.39, 0.29) is 11.6 Å². The van der Waals surface area contributed by atoms with Crippen LogP contribution in [0.4, 0.5) is 0 Å². The summed E-state index contributed by atoms with van der Waals surface area (Å²) in [6.07, 6.45) is 5.35. The molecule has 24 heavy (non-hydrogen) atoms. The zero-order valence-electron chi connectivity index (χ0n) is 13.0. The second-order valence-electron chi connectivity index (χ2n) is 5.28. The van der Waals surface area contributed by atoms with Gasteiger partial charge < -0.3 is 9.64 Å². The van der Waals surface area contributed by atoms with E-state index in [1.54, 1.807) is 29.3 Å². The largest absolute Gasteiger partial charge is 0.464 e. The van der Waals surface area contributed by atoms with Crippen molar-refractivity contribution in [2.45, 2.75) is 13.0 Å². The van der Waals surface area contributed by atoms with Crippen molar-refractivity contribution in [1.82, 2.24) is 20.1 Å². The van der Waals surface area contributed by atoms with Gasteiger partial charge in [-0.2, -0.15) is 5.10 Å². The van der Waals surface area contributed by atoms with Gasteiger partial charge in [0.05, 0.1) is 13.7 Å². The van der Waals surface area contributed by atoms with Crippen LogP contribution in [0, 0.1) is 0 Å². The van der Waals surface area contributed by atoms with Crippen LogP contribution >= 0.6 is 11.6 Å². The molecular weight excluding hydrogens is 332 g/mol. The van der Waals surface area contributed by atoms with Gasteiger partial charge in [0.15, 0.2) is 5.69 Å². The van der Waals surface area contributed by atoms with Crippen LogP contribution in [0.2, 0.25) is 5.15 Å². The molecule has 0 aliphatic carbocycles. The number of halogens is 1. The summed E-state index contributed by atoms with van der Waals surface area (Å²) in [5.41, 5.74) is 2.60. The summed E-state index contributed by atoms with van der Waals surface area (Å²) in [5.74, 6) is -0.658. The van der Waals surface area contributed by atoms with Gasteiger partial charge in [-0.15, -0.1) is 0 Å². The summed E-state index contributed by atoms with van der Waals surface area (Å²) in [6.45, 7) is 0.868. The fourth-order valence-electron chi connectivity index (χ4n) is 2.54. The maximum atomic E-state index is 12.4. The van der Waals surface area contributed by atoms with E-state index in [0.29, 0.717) is 30.2 Å². The number of pyridine rings is 1. The van der Waals surface area contributed by atoms with Crippen molar-refractivity contribution in [2.24, 2.45) is 0 Å². The Morgan fingerprint density at radius 2 is 2.29 bits per heavy atom. The second kappa shape index (κ2) is 6.84. The highest BCUT2D eigenvalue weighted by atomic mass is 35.5. The van der Waals surface area contributed by atoms with Crippen LogP contribution in [-0.2, 0) is 22.5 Å². The fourth-order valence-corrected chi connectivity index (χ4v) is 2.73. The zero-order chi connectivity index (χ0) is 17.1. The van der Waals surface area contributed by atoms with Gasteiger partial charge in [0.1, 0.15) is 5.15 Å². The summed E-state index contributed by atoms with van der Waals surface area (Å²) in [7, 11) is 1.30. The van der Waals surface area contributed by atoms with Crippen LogP contribution in [0.15, 0.2) is 24.4 Å². The summed E-state index contributed by atoms with van der Waals surface area (Å²) < 4.78 is 4.72. The first kappa shape index (κ1) is 16.2. The van der Waals surface area contributed by atoms with Crippen molar-refractivity contribution in [3.05, 3.63) is 52.1 Å². The SMILES string of the molecule is COC(=O)c1n[nH]c2c1CN(C(=O)/C=C/c1ccnc(Cl)c1)CC2. The molecule has 1 aliphatic heterocycles. The highest BCUT2D eigenvalue weighted by Gasteiger charge is 2.27. The summed E-state index contributed by atoms with van der Waals surface area (Å²) >= 11 is 5.82. The van der Waals surface area contributed by atoms with E-state index in [1.807, 2.05) is 0 Å². The van der Waals surface area contributed by atoms with E-state index in [4.69, 9.17) is 16.3 Å². The molecular formula is C16H15ClN4O3. The highest BCUT2D eigenvalue weighted by molar-refractivity contribution is 6.29. The Morgan fingerprint density at radius 1 is 1.46 bits per heavy atom. The van der Waals surface area contributed by atoms with Crippen LogP contribution in [0.3, 0.4) is 0 Å². The Balaban J connectivity index is 1.74. The predicted octanol–water partition coefficient (Wildman–Crippen LogP) is 1.84.